The summed E-state index contributed by atoms with van der Waals surface area (Å²) in [5, 5.41) is 0. The summed E-state index contributed by atoms with van der Waals surface area (Å²) in [5.74, 6) is 0.841. The van der Waals surface area contributed by atoms with Crippen LogP contribution in [0.15, 0.2) is 42.6 Å². The number of hydrogen-bond acceptors (Lipinski definition) is 4. The van der Waals surface area contributed by atoms with Gasteiger partial charge < -0.3 is 19.5 Å². The normalized spacial score (nSPS) is 14.7. The van der Waals surface area contributed by atoms with Crippen molar-refractivity contribution in [2.75, 3.05) is 38.2 Å². The largest absolute Gasteiger partial charge is 0.497 e. The van der Waals surface area contributed by atoms with Crippen LogP contribution in [0, 0.1) is 4.64 Å². The van der Waals surface area contributed by atoms with E-state index in [1.54, 1.807) is 25.4 Å². The minimum Gasteiger partial charge on any atom is -0.497 e. The third-order valence-electron chi connectivity index (χ3n) is 4.03. The van der Waals surface area contributed by atoms with Crippen molar-refractivity contribution in [3.05, 3.63) is 52.8 Å². The van der Waals surface area contributed by atoms with Crippen LogP contribution < -0.4 is 9.64 Å². The second-order valence-electron chi connectivity index (χ2n) is 5.39. The molecule has 1 aromatic heterocycles. The van der Waals surface area contributed by atoms with Crippen molar-refractivity contribution in [3.63, 3.8) is 0 Å². The Bertz CT molecular complexity index is 751. The topological polar surface area (TPSA) is 48.6 Å². The third-order valence-corrected chi connectivity index (χ3v) is 4.37. The van der Waals surface area contributed by atoms with Gasteiger partial charge in [-0.15, -0.1) is 0 Å². The van der Waals surface area contributed by atoms with E-state index in [9.17, 15) is 4.79 Å². The molecule has 120 valence electrons. The van der Waals surface area contributed by atoms with Crippen molar-refractivity contribution in [3.8, 4) is 5.75 Å². The summed E-state index contributed by atoms with van der Waals surface area (Å²) in [5.41, 5.74) is 1.69. The molecule has 0 unspecified atom stereocenters. The molecule has 0 atom stereocenters. The molecule has 0 spiro atoms. The standard InChI is InChI=1S/C17H19N3O2S/c1-22-14-5-2-4-13(12-14)19-8-10-20(11-9-19)17(21)15-6-3-7-18-16(15)23/h2-7,12H,8-11H2,1H3,(H,18,23). The first kappa shape index (κ1) is 15.6. The SMILES string of the molecule is COc1cccc(N2CCN(C(=O)c3ccc[nH]c3=S)CC2)c1. The van der Waals surface area contributed by atoms with E-state index < -0.39 is 0 Å². The van der Waals surface area contributed by atoms with Crippen molar-refractivity contribution in [1.82, 2.24) is 9.88 Å². The molecule has 1 aromatic carbocycles. The van der Waals surface area contributed by atoms with Crippen molar-refractivity contribution >= 4 is 23.8 Å². The Morgan fingerprint density at radius 2 is 1.96 bits per heavy atom. The molecular weight excluding hydrogens is 310 g/mol. The van der Waals surface area contributed by atoms with Crippen molar-refractivity contribution in [1.29, 1.82) is 0 Å². The van der Waals surface area contributed by atoms with Gasteiger partial charge in [-0.05, 0) is 24.3 Å². The first-order chi connectivity index (χ1) is 11.2. The number of ether oxygens (including phenoxy) is 1. The second-order valence-corrected chi connectivity index (χ2v) is 5.80. The maximum atomic E-state index is 12.6. The molecule has 3 rings (SSSR count). The number of H-pyrrole nitrogens is 1. The summed E-state index contributed by atoms with van der Waals surface area (Å²) in [7, 11) is 1.67. The Hall–Kier alpha value is -2.34. The van der Waals surface area contributed by atoms with Crippen LogP contribution in [0.2, 0.25) is 0 Å². The fourth-order valence-corrected chi connectivity index (χ4v) is 2.96. The van der Waals surface area contributed by atoms with Gasteiger partial charge in [0, 0.05) is 44.1 Å². The van der Waals surface area contributed by atoms with Crippen LogP contribution in [0.25, 0.3) is 0 Å². The maximum absolute atomic E-state index is 12.6. The van der Waals surface area contributed by atoms with Gasteiger partial charge in [-0.3, -0.25) is 4.79 Å². The number of methoxy groups -OCH3 is 1. The molecule has 1 aliphatic heterocycles. The van der Waals surface area contributed by atoms with Crippen molar-refractivity contribution < 1.29 is 9.53 Å². The van der Waals surface area contributed by atoms with E-state index in [-0.39, 0.29) is 5.91 Å². The van der Waals surface area contributed by atoms with Gasteiger partial charge in [0.2, 0.25) is 0 Å². The van der Waals surface area contributed by atoms with Crippen LogP contribution in [0.4, 0.5) is 5.69 Å². The molecule has 2 heterocycles. The van der Waals surface area contributed by atoms with Crippen molar-refractivity contribution in [2.45, 2.75) is 0 Å². The van der Waals surface area contributed by atoms with Gasteiger partial charge in [-0.25, -0.2) is 0 Å². The molecule has 0 aliphatic carbocycles. The van der Waals surface area contributed by atoms with Gasteiger partial charge in [-0.2, -0.15) is 0 Å². The molecule has 1 saturated heterocycles. The molecule has 0 bridgehead atoms. The van der Waals surface area contributed by atoms with E-state index in [0.717, 1.165) is 24.5 Å². The van der Waals surface area contributed by atoms with Crippen LogP contribution in [0.3, 0.4) is 0 Å². The first-order valence-electron chi connectivity index (χ1n) is 7.55. The lowest BCUT2D eigenvalue weighted by molar-refractivity contribution is 0.0745. The highest BCUT2D eigenvalue weighted by Gasteiger charge is 2.23. The lowest BCUT2D eigenvalue weighted by Crippen LogP contribution is -2.48. The number of nitrogens with one attached hydrogen (secondary N) is 1. The molecule has 5 nitrogen and oxygen atoms in total. The molecule has 0 saturated carbocycles. The van der Waals surface area contributed by atoms with E-state index >= 15 is 0 Å². The highest BCUT2D eigenvalue weighted by Crippen LogP contribution is 2.22. The van der Waals surface area contributed by atoms with Crippen LogP contribution in [0.1, 0.15) is 10.4 Å². The van der Waals surface area contributed by atoms with Gasteiger partial charge in [-0.1, -0.05) is 18.3 Å². The highest BCUT2D eigenvalue weighted by molar-refractivity contribution is 7.71. The number of piperazine rings is 1. The summed E-state index contributed by atoms with van der Waals surface area (Å²) >= 11 is 5.20. The van der Waals surface area contributed by atoms with E-state index in [4.69, 9.17) is 17.0 Å². The van der Waals surface area contributed by atoms with Crippen molar-refractivity contribution in [2.24, 2.45) is 0 Å². The predicted molar refractivity (Wildman–Crippen MR) is 92.7 cm³/mol. The zero-order chi connectivity index (χ0) is 16.2. The van der Waals surface area contributed by atoms with Gasteiger partial charge >= 0.3 is 0 Å². The van der Waals surface area contributed by atoms with Crippen LogP contribution in [-0.2, 0) is 0 Å². The monoisotopic (exact) mass is 329 g/mol. The number of rotatable bonds is 3. The molecule has 1 fully saturated rings. The summed E-state index contributed by atoms with van der Waals surface area (Å²) in [6.07, 6.45) is 1.74. The number of aromatic nitrogens is 1. The number of pyridine rings is 1. The Morgan fingerprint density at radius 1 is 1.17 bits per heavy atom. The smallest absolute Gasteiger partial charge is 0.256 e. The average Bonchev–Trinajstić information content (AvgIpc) is 2.62. The summed E-state index contributed by atoms with van der Waals surface area (Å²) in [6.45, 7) is 2.95. The molecular formula is C17H19N3O2S. The number of anilines is 1. The molecule has 6 heteroatoms. The number of nitrogens with zero attached hydrogens (tertiary/aromatic N) is 2. The zero-order valence-electron chi connectivity index (χ0n) is 13.0. The number of amides is 1. The van der Waals surface area contributed by atoms with E-state index in [2.05, 4.69) is 16.0 Å². The van der Waals surface area contributed by atoms with Crippen LogP contribution in [0.5, 0.6) is 5.75 Å². The fraction of sp³-hybridized carbons (Fsp3) is 0.294. The molecule has 1 N–H and O–H groups in total. The van der Waals surface area contributed by atoms with Crippen LogP contribution in [-0.4, -0.2) is 49.1 Å². The van der Waals surface area contributed by atoms with E-state index in [0.29, 0.717) is 23.3 Å². The van der Waals surface area contributed by atoms with Gasteiger partial charge in [0.25, 0.3) is 5.91 Å². The molecule has 23 heavy (non-hydrogen) atoms. The Labute approximate surface area is 140 Å². The number of hydrogen-bond donors (Lipinski definition) is 1. The third kappa shape index (κ3) is 3.37. The number of benzene rings is 1. The molecule has 0 radical (unpaired) electrons. The average molecular weight is 329 g/mol. The van der Waals surface area contributed by atoms with Gasteiger partial charge in [0.05, 0.1) is 12.7 Å². The maximum Gasteiger partial charge on any atom is 0.256 e. The highest BCUT2D eigenvalue weighted by atomic mass is 32.1. The minimum atomic E-state index is -0.00265. The Morgan fingerprint density at radius 3 is 2.65 bits per heavy atom. The van der Waals surface area contributed by atoms with E-state index in [1.165, 1.54) is 0 Å². The number of carbonyl (C=O) groups excluding carboxylic acids is 1. The number of aromatic amines is 1. The minimum absolute atomic E-state index is 0.00265. The summed E-state index contributed by atoms with van der Waals surface area (Å²) in [6, 6.07) is 11.6. The quantitative estimate of drug-likeness (QED) is 0.880. The second kappa shape index (κ2) is 6.83. The summed E-state index contributed by atoms with van der Waals surface area (Å²) in [4.78, 5) is 19.6. The zero-order valence-corrected chi connectivity index (χ0v) is 13.8. The lowest BCUT2D eigenvalue weighted by atomic mass is 10.2. The van der Waals surface area contributed by atoms with E-state index in [1.807, 2.05) is 23.1 Å². The molecule has 1 aliphatic rings. The summed E-state index contributed by atoms with van der Waals surface area (Å²) < 4.78 is 5.76. The Balaban J connectivity index is 1.67. The van der Waals surface area contributed by atoms with Crippen LogP contribution >= 0.6 is 12.2 Å². The van der Waals surface area contributed by atoms with Gasteiger partial charge in [0.1, 0.15) is 10.4 Å². The predicted octanol–water partition coefficient (Wildman–Crippen LogP) is 2.72. The molecule has 1 amide bonds. The fourth-order valence-electron chi connectivity index (χ4n) is 2.74. The van der Waals surface area contributed by atoms with Gasteiger partial charge in [0.15, 0.2) is 0 Å². The number of carbonyl (C=O) groups is 1. The first-order valence-corrected chi connectivity index (χ1v) is 7.96. The lowest BCUT2D eigenvalue weighted by Gasteiger charge is -2.36. The Kier molecular flexibility index (Phi) is 4.62. The molecule has 2 aromatic rings.